The summed E-state index contributed by atoms with van der Waals surface area (Å²) < 4.78 is 10.3. The van der Waals surface area contributed by atoms with Crippen LogP contribution in [-0.2, 0) is 16.1 Å². The number of nitrogens with one attached hydrogen (secondary N) is 2. The van der Waals surface area contributed by atoms with Gasteiger partial charge in [0, 0.05) is 30.8 Å². The maximum absolute atomic E-state index is 11.6. The molecule has 0 aliphatic carbocycles. The number of methoxy groups -OCH3 is 1. The normalized spacial score (nSPS) is 10.4. The van der Waals surface area contributed by atoms with Crippen molar-refractivity contribution in [1.29, 1.82) is 0 Å². The third-order valence-corrected chi connectivity index (χ3v) is 2.93. The second kappa shape index (κ2) is 9.02. The molecule has 0 heterocycles. The second-order valence-electron chi connectivity index (χ2n) is 4.04. The highest BCUT2D eigenvalue weighted by Gasteiger charge is 2.12. The van der Waals surface area contributed by atoms with Crippen molar-refractivity contribution in [1.82, 2.24) is 10.6 Å². The number of hydrogen-bond donors (Lipinski definition) is 2. The first-order valence-electron chi connectivity index (χ1n) is 6.09. The van der Waals surface area contributed by atoms with E-state index in [-0.39, 0.29) is 12.5 Å². The SMILES string of the molecule is CNCc1cc(Cl)cc(Cl)c1OCC(=O)NCCOC. The summed E-state index contributed by atoms with van der Waals surface area (Å²) >= 11 is 12.0. The van der Waals surface area contributed by atoms with E-state index in [0.717, 1.165) is 5.56 Å². The van der Waals surface area contributed by atoms with Gasteiger partial charge in [-0.25, -0.2) is 0 Å². The summed E-state index contributed by atoms with van der Waals surface area (Å²) in [5, 5.41) is 6.56. The molecule has 0 spiro atoms. The predicted octanol–water partition coefficient (Wildman–Crippen LogP) is 1.85. The van der Waals surface area contributed by atoms with E-state index in [1.807, 2.05) is 0 Å². The topological polar surface area (TPSA) is 59.6 Å². The van der Waals surface area contributed by atoms with Crippen molar-refractivity contribution in [3.63, 3.8) is 0 Å². The molecule has 2 N–H and O–H groups in total. The van der Waals surface area contributed by atoms with Crippen molar-refractivity contribution in [2.75, 3.05) is 33.9 Å². The van der Waals surface area contributed by atoms with Crippen LogP contribution < -0.4 is 15.4 Å². The van der Waals surface area contributed by atoms with Crippen LogP contribution in [0.3, 0.4) is 0 Å². The number of halogens is 2. The molecule has 0 aromatic heterocycles. The van der Waals surface area contributed by atoms with Crippen molar-refractivity contribution in [3.05, 3.63) is 27.7 Å². The first kappa shape index (κ1) is 17.0. The van der Waals surface area contributed by atoms with Crippen molar-refractivity contribution >= 4 is 29.1 Å². The molecule has 0 radical (unpaired) electrons. The summed E-state index contributed by atoms with van der Waals surface area (Å²) in [7, 11) is 3.37. The lowest BCUT2D eigenvalue weighted by Gasteiger charge is -2.13. The minimum absolute atomic E-state index is 0.109. The fourth-order valence-electron chi connectivity index (χ4n) is 1.58. The van der Waals surface area contributed by atoms with E-state index in [1.54, 1.807) is 26.3 Å². The van der Waals surface area contributed by atoms with Crippen LogP contribution in [0, 0.1) is 0 Å². The van der Waals surface area contributed by atoms with E-state index >= 15 is 0 Å². The van der Waals surface area contributed by atoms with E-state index < -0.39 is 0 Å². The molecular weight excluding hydrogens is 303 g/mol. The van der Waals surface area contributed by atoms with Crippen LogP contribution in [0.25, 0.3) is 0 Å². The summed E-state index contributed by atoms with van der Waals surface area (Å²) in [5.74, 6) is 0.232. The molecule has 0 saturated carbocycles. The Morgan fingerprint density at radius 3 is 2.75 bits per heavy atom. The van der Waals surface area contributed by atoms with Gasteiger partial charge in [-0.05, 0) is 19.2 Å². The van der Waals surface area contributed by atoms with Crippen LogP contribution in [0.15, 0.2) is 12.1 Å². The summed E-state index contributed by atoms with van der Waals surface area (Å²) in [5.41, 5.74) is 0.801. The molecule has 7 heteroatoms. The van der Waals surface area contributed by atoms with E-state index in [4.69, 9.17) is 32.7 Å². The van der Waals surface area contributed by atoms with Crippen LogP contribution in [0.5, 0.6) is 5.75 Å². The zero-order valence-electron chi connectivity index (χ0n) is 11.5. The molecule has 1 aromatic carbocycles. The molecule has 0 atom stereocenters. The van der Waals surface area contributed by atoms with Gasteiger partial charge >= 0.3 is 0 Å². The first-order chi connectivity index (χ1) is 9.58. The van der Waals surface area contributed by atoms with Gasteiger partial charge in [0.15, 0.2) is 6.61 Å². The van der Waals surface area contributed by atoms with Gasteiger partial charge < -0.3 is 20.1 Å². The van der Waals surface area contributed by atoms with Crippen LogP contribution >= 0.6 is 23.2 Å². The quantitative estimate of drug-likeness (QED) is 0.718. The molecule has 0 saturated heterocycles. The molecular formula is C13H18Cl2N2O3. The standard InChI is InChI=1S/C13H18Cl2N2O3/c1-16-7-9-5-10(14)6-11(15)13(9)20-8-12(18)17-3-4-19-2/h5-6,16H,3-4,7-8H2,1-2H3,(H,17,18). The van der Waals surface area contributed by atoms with Gasteiger partial charge in [-0.2, -0.15) is 0 Å². The minimum atomic E-state index is -0.233. The maximum atomic E-state index is 11.6. The second-order valence-corrected chi connectivity index (χ2v) is 4.88. The molecule has 0 aliphatic rings. The number of amides is 1. The van der Waals surface area contributed by atoms with E-state index in [2.05, 4.69) is 10.6 Å². The molecule has 0 fully saturated rings. The number of carbonyl (C=O) groups is 1. The zero-order chi connectivity index (χ0) is 15.0. The molecule has 1 aromatic rings. The van der Waals surface area contributed by atoms with Gasteiger partial charge in [0.25, 0.3) is 5.91 Å². The maximum Gasteiger partial charge on any atom is 0.258 e. The number of benzene rings is 1. The summed E-state index contributed by atoms with van der Waals surface area (Å²) in [6.07, 6.45) is 0. The number of carbonyl (C=O) groups excluding carboxylic acids is 1. The Labute approximate surface area is 128 Å². The first-order valence-corrected chi connectivity index (χ1v) is 6.85. The molecule has 20 heavy (non-hydrogen) atoms. The molecule has 5 nitrogen and oxygen atoms in total. The van der Waals surface area contributed by atoms with Gasteiger partial charge in [0.2, 0.25) is 0 Å². The smallest absolute Gasteiger partial charge is 0.258 e. The Hall–Kier alpha value is -1.01. The van der Waals surface area contributed by atoms with Crippen LogP contribution in [0.2, 0.25) is 10.0 Å². The van der Waals surface area contributed by atoms with Gasteiger partial charge in [-0.1, -0.05) is 23.2 Å². The molecule has 1 amide bonds. The van der Waals surface area contributed by atoms with E-state index in [1.165, 1.54) is 0 Å². The molecule has 0 unspecified atom stereocenters. The Morgan fingerprint density at radius 2 is 2.10 bits per heavy atom. The van der Waals surface area contributed by atoms with Crippen LogP contribution in [0.4, 0.5) is 0 Å². The highest BCUT2D eigenvalue weighted by atomic mass is 35.5. The molecule has 0 bridgehead atoms. The van der Waals surface area contributed by atoms with Crippen LogP contribution in [0.1, 0.15) is 5.56 Å². The third-order valence-electron chi connectivity index (χ3n) is 2.43. The number of hydrogen-bond acceptors (Lipinski definition) is 4. The fraction of sp³-hybridized carbons (Fsp3) is 0.462. The average Bonchev–Trinajstić information content (AvgIpc) is 2.38. The monoisotopic (exact) mass is 320 g/mol. The lowest BCUT2D eigenvalue weighted by molar-refractivity contribution is -0.123. The van der Waals surface area contributed by atoms with E-state index in [9.17, 15) is 4.79 Å². The minimum Gasteiger partial charge on any atom is -0.482 e. The van der Waals surface area contributed by atoms with Crippen molar-refractivity contribution in [2.24, 2.45) is 0 Å². The Kier molecular flexibility index (Phi) is 7.69. The third kappa shape index (κ3) is 5.54. The largest absolute Gasteiger partial charge is 0.482 e. The fourth-order valence-corrected chi connectivity index (χ4v) is 2.17. The van der Waals surface area contributed by atoms with Crippen LogP contribution in [-0.4, -0.2) is 39.8 Å². The predicted molar refractivity (Wildman–Crippen MR) is 79.6 cm³/mol. The summed E-state index contributed by atoms with van der Waals surface area (Å²) in [6, 6.07) is 3.34. The summed E-state index contributed by atoms with van der Waals surface area (Å²) in [4.78, 5) is 11.6. The molecule has 0 aliphatic heterocycles. The number of ether oxygens (including phenoxy) is 2. The highest BCUT2D eigenvalue weighted by molar-refractivity contribution is 6.35. The lowest BCUT2D eigenvalue weighted by Crippen LogP contribution is -2.31. The van der Waals surface area contributed by atoms with Crippen molar-refractivity contribution in [3.8, 4) is 5.75 Å². The molecule has 1 rings (SSSR count). The lowest BCUT2D eigenvalue weighted by atomic mass is 10.2. The Bertz CT molecular complexity index is 455. The van der Waals surface area contributed by atoms with Crippen molar-refractivity contribution < 1.29 is 14.3 Å². The van der Waals surface area contributed by atoms with Gasteiger partial charge in [-0.3, -0.25) is 4.79 Å². The van der Waals surface area contributed by atoms with Gasteiger partial charge in [-0.15, -0.1) is 0 Å². The average molecular weight is 321 g/mol. The zero-order valence-corrected chi connectivity index (χ0v) is 13.0. The Morgan fingerprint density at radius 1 is 1.35 bits per heavy atom. The summed E-state index contributed by atoms with van der Waals surface area (Å²) in [6.45, 7) is 1.33. The Balaban J connectivity index is 2.64. The van der Waals surface area contributed by atoms with Gasteiger partial charge in [0.05, 0.1) is 11.6 Å². The van der Waals surface area contributed by atoms with Crippen molar-refractivity contribution in [2.45, 2.75) is 6.54 Å². The highest BCUT2D eigenvalue weighted by Crippen LogP contribution is 2.32. The van der Waals surface area contributed by atoms with E-state index in [0.29, 0.717) is 35.5 Å². The molecule has 112 valence electrons. The number of rotatable bonds is 8. The van der Waals surface area contributed by atoms with Gasteiger partial charge in [0.1, 0.15) is 5.75 Å².